The lowest BCUT2D eigenvalue weighted by Gasteiger charge is -2.13. The van der Waals surface area contributed by atoms with Crippen LogP contribution < -0.4 is 19.8 Å². The largest absolute Gasteiger partial charge is 0.493 e. The summed E-state index contributed by atoms with van der Waals surface area (Å²) in [7, 11) is 4.64. The van der Waals surface area contributed by atoms with Crippen molar-refractivity contribution in [3.8, 4) is 17.5 Å². The van der Waals surface area contributed by atoms with Gasteiger partial charge in [0, 0.05) is 11.8 Å². The number of aromatic nitrogens is 2. The molecule has 0 aliphatic carbocycles. The van der Waals surface area contributed by atoms with E-state index in [1.807, 2.05) is 12.1 Å². The van der Waals surface area contributed by atoms with E-state index in [1.165, 1.54) is 17.7 Å². The van der Waals surface area contributed by atoms with Gasteiger partial charge in [0.05, 0.1) is 27.9 Å². The summed E-state index contributed by atoms with van der Waals surface area (Å²) >= 11 is 0. The standard InChI is InChI=1S/C15H18N2O4/c1-10-7-14(18)17(15(16-10)21-4)9-11-5-6-12(19-2)13(8-11)20-3/h5-8H,9H2,1-4H3. The molecule has 0 N–H and O–H groups in total. The molecule has 0 saturated carbocycles. The van der Waals surface area contributed by atoms with Gasteiger partial charge >= 0.3 is 0 Å². The fourth-order valence-corrected chi connectivity index (χ4v) is 2.06. The van der Waals surface area contributed by atoms with Gasteiger partial charge in [-0.05, 0) is 24.6 Å². The molecule has 0 unspecified atom stereocenters. The molecule has 1 aromatic carbocycles. The van der Waals surface area contributed by atoms with Crippen molar-refractivity contribution >= 4 is 0 Å². The van der Waals surface area contributed by atoms with Gasteiger partial charge in [-0.15, -0.1) is 0 Å². The Morgan fingerprint density at radius 2 is 1.76 bits per heavy atom. The van der Waals surface area contributed by atoms with Crippen LogP contribution in [0.25, 0.3) is 0 Å². The number of aryl methyl sites for hydroxylation is 1. The van der Waals surface area contributed by atoms with Crippen molar-refractivity contribution in [2.24, 2.45) is 0 Å². The Bertz CT molecular complexity index is 695. The van der Waals surface area contributed by atoms with E-state index in [2.05, 4.69) is 4.98 Å². The monoisotopic (exact) mass is 290 g/mol. The third kappa shape index (κ3) is 3.16. The lowest BCUT2D eigenvalue weighted by Crippen LogP contribution is -2.23. The van der Waals surface area contributed by atoms with Crippen molar-refractivity contribution in [3.63, 3.8) is 0 Å². The van der Waals surface area contributed by atoms with Gasteiger partial charge in [0.1, 0.15) is 0 Å². The van der Waals surface area contributed by atoms with Crippen LogP contribution in [0.5, 0.6) is 17.5 Å². The lowest BCUT2D eigenvalue weighted by atomic mass is 10.2. The van der Waals surface area contributed by atoms with Crippen LogP contribution >= 0.6 is 0 Å². The minimum atomic E-state index is -0.158. The minimum absolute atomic E-state index is 0.158. The molecule has 112 valence electrons. The van der Waals surface area contributed by atoms with E-state index in [-0.39, 0.29) is 11.6 Å². The zero-order chi connectivity index (χ0) is 15.4. The van der Waals surface area contributed by atoms with E-state index in [9.17, 15) is 4.79 Å². The van der Waals surface area contributed by atoms with Crippen LogP contribution in [-0.4, -0.2) is 30.9 Å². The molecule has 21 heavy (non-hydrogen) atoms. The molecule has 2 aromatic rings. The summed E-state index contributed by atoms with van der Waals surface area (Å²) in [4.78, 5) is 16.3. The molecule has 0 saturated heterocycles. The molecule has 1 heterocycles. The molecule has 6 nitrogen and oxygen atoms in total. The quantitative estimate of drug-likeness (QED) is 0.837. The number of ether oxygens (including phenoxy) is 3. The summed E-state index contributed by atoms with van der Waals surface area (Å²) in [6, 6.07) is 7.25. The zero-order valence-electron chi connectivity index (χ0n) is 12.5. The number of hydrogen-bond acceptors (Lipinski definition) is 5. The summed E-state index contributed by atoms with van der Waals surface area (Å²) in [5.74, 6) is 1.25. The van der Waals surface area contributed by atoms with Gasteiger partial charge < -0.3 is 14.2 Å². The first-order valence-corrected chi connectivity index (χ1v) is 6.42. The Kier molecular flexibility index (Phi) is 4.47. The Labute approximate surface area is 122 Å². The van der Waals surface area contributed by atoms with Crippen LogP contribution in [0, 0.1) is 6.92 Å². The van der Waals surface area contributed by atoms with Crippen molar-refractivity contribution in [3.05, 3.63) is 45.9 Å². The van der Waals surface area contributed by atoms with E-state index >= 15 is 0 Å². The molecule has 0 spiro atoms. The molecular formula is C15H18N2O4. The Hall–Kier alpha value is -2.50. The highest BCUT2D eigenvalue weighted by Crippen LogP contribution is 2.28. The van der Waals surface area contributed by atoms with Crippen LogP contribution in [0.1, 0.15) is 11.3 Å². The van der Waals surface area contributed by atoms with E-state index in [0.29, 0.717) is 23.7 Å². The molecule has 0 fully saturated rings. The van der Waals surface area contributed by atoms with Crippen LogP contribution in [0.2, 0.25) is 0 Å². The highest BCUT2D eigenvalue weighted by molar-refractivity contribution is 5.43. The molecule has 0 aliphatic rings. The average molecular weight is 290 g/mol. The molecule has 0 atom stereocenters. The van der Waals surface area contributed by atoms with Gasteiger partial charge in [0.15, 0.2) is 11.5 Å². The number of hydrogen-bond donors (Lipinski definition) is 0. The molecule has 0 radical (unpaired) electrons. The second-order valence-corrected chi connectivity index (χ2v) is 4.50. The normalized spacial score (nSPS) is 10.3. The van der Waals surface area contributed by atoms with Crippen molar-refractivity contribution in [2.75, 3.05) is 21.3 Å². The third-order valence-electron chi connectivity index (χ3n) is 3.07. The van der Waals surface area contributed by atoms with Gasteiger partial charge in [-0.3, -0.25) is 9.36 Å². The molecule has 0 amide bonds. The van der Waals surface area contributed by atoms with Crippen LogP contribution in [0.15, 0.2) is 29.1 Å². The van der Waals surface area contributed by atoms with Gasteiger partial charge in [-0.1, -0.05) is 6.07 Å². The topological polar surface area (TPSA) is 62.6 Å². The summed E-state index contributed by atoms with van der Waals surface area (Å²) < 4.78 is 17.1. The SMILES string of the molecule is COc1ccc(Cn2c(OC)nc(C)cc2=O)cc1OC. The van der Waals surface area contributed by atoms with Gasteiger partial charge in [0.25, 0.3) is 11.6 Å². The van der Waals surface area contributed by atoms with Crippen LogP contribution in [-0.2, 0) is 6.54 Å². The smallest absolute Gasteiger partial charge is 0.299 e. The average Bonchev–Trinajstić information content (AvgIpc) is 2.49. The first-order valence-electron chi connectivity index (χ1n) is 6.42. The molecule has 2 rings (SSSR count). The second kappa shape index (κ2) is 6.30. The zero-order valence-corrected chi connectivity index (χ0v) is 12.5. The third-order valence-corrected chi connectivity index (χ3v) is 3.07. The highest BCUT2D eigenvalue weighted by Gasteiger charge is 2.10. The Balaban J connectivity index is 2.41. The molecule has 0 aliphatic heterocycles. The maximum absolute atomic E-state index is 12.1. The van der Waals surface area contributed by atoms with E-state index < -0.39 is 0 Å². The summed E-state index contributed by atoms with van der Waals surface area (Å²) in [6.07, 6.45) is 0. The first-order chi connectivity index (χ1) is 10.1. The van der Waals surface area contributed by atoms with E-state index in [1.54, 1.807) is 27.2 Å². The fraction of sp³-hybridized carbons (Fsp3) is 0.333. The summed E-state index contributed by atoms with van der Waals surface area (Å²) in [5.41, 5.74) is 1.35. The van der Waals surface area contributed by atoms with Crippen molar-refractivity contribution < 1.29 is 14.2 Å². The van der Waals surface area contributed by atoms with Crippen LogP contribution in [0.3, 0.4) is 0 Å². The molecule has 1 aromatic heterocycles. The molecule has 0 bridgehead atoms. The Morgan fingerprint density at radius 3 is 2.38 bits per heavy atom. The predicted octanol–water partition coefficient (Wildman–Crippen LogP) is 1.63. The van der Waals surface area contributed by atoms with Crippen molar-refractivity contribution in [1.29, 1.82) is 0 Å². The van der Waals surface area contributed by atoms with Gasteiger partial charge in [-0.2, -0.15) is 0 Å². The maximum Gasteiger partial charge on any atom is 0.299 e. The summed E-state index contributed by atoms with van der Waals surface area (Å²) in [5, 5.41) is 0. The fourth-order valence-electron chi connectivity index (χ4n) is 2.06. The molecule has 6 heteroatoms. The number of methoxy groups -OCH3 is 3. The highest BCUT2D eigenvalue weighted by atomic mass is 16.5. The van der Waals surface area contributed by atoms with Crippen molar-refractivity contribution in [1.82, 2.24) is 9.55 Å². The first kappa shape index (κ1) is 14.9. The Morgan fingerprint density at radius 1 is 1.05 bits per heavy atom. The number of nitrogens with zero attached hydrogens (tertiary/aromatic N) is 2. The van der Waals surface area contributed by atoms with Gasteiger partial charge in [-0.25, -0.2) is 4.98 Å². The van der Waals surface area contributed by atoms with E-state index in [0.717, 1.165) is 5.56 Å². The van der Waals surface area contributed by atoms with E-state index in [4.69, 9.17) is 14.2 Å². The second-order valence-electron chi connectivity index (χ2n) is 4.50. The number of benzene rings is 1. The lowest BCUT2D eigenvalue weighted by molar-refractivity contribution is 0.347. The minimum Gasteiger partial charge on any atom is -0.493 e. The van der Waals surface area contributed by atoms with Crippen molar-refractivity contribution in [2.45, 2.75) is 13.5 Å². The summed E-state index contributed by atoms with van der Waals surface area (Å²) in [6.45, 7) is 2.10. The number of rotatable bonds is 5. The molecular weight excluding hydrogens is 272 g/mol. The van der Waals surface area contributed by atoms with Crippen LogP contribution in [0.4, 0.5) is 0 Å². The van der Waals surface area contributed by atoms with Gasteiger partial charge in [0.2, 0.25) is 0 Å². The maximum atomic E-state index is 12.1. The predicted molar refractivity (Wildman–Crippen MR) is 78.4 cm³/mol.